The van der Waals surface area contributed by atoms with Crippen LogP contribution in [0, 0.1) is 0 Å². The Kier molecular flexibility index (Phi) is 6.58. The molecule has 0 aliphatic carbocycles. The van der Waals surface area contributed by atoms with Crippen molar-refractivity contribution in [1.82, 2.24) is 10.6 Å². The van der Waals surface area contributed by atoms with Gasteiger partial charge in [0.05, 0.1) is 13.2 Å². The average Bonchev–Trinajstić information content (AvgIpc) is 3.26. The summed E-state index contributed by atoms with van der Waals surface area (Å²) < 4.78 is 5.20. The predicted octanol–water partition coefficient (Wildman–Crippen LogP) is 3.72. The Hall–Kier alpha value is -2.69. The van der Waals surface area contributed by atoms with Crippen LogP contribution in [0.1, 0.15) is 36.9 Å². The van der Waals surface area contributed by atoms with Crippen molar-refractivity contribution in [2.45, 2.75) is 32.4 Å². The summed E-state index contributed by atoms with van der Waals surface area (Å²) in [4.78, 5) is 6.83. The van der Waals surface area contributed by atoms with Crippen molar-refractivity contribution in [2.24, 2.45) is 4.99 Å². The Labute approximate surface area is 162 Å². The number of hydrogen-bond acceptors (Lipinski definition) is 3. The fourth-order valence-electron chi connectivity index (χ4n) is 3.38. The van der Waals surface area contributed by atoms with Gasteiger partial charge in [0, 0.05) is 32.4 Å². The van der Waals surface area contributed by atoms with Crippen molar-refractivity contribution in [1.29, 1.82) is 0 Å². The highest BCUT2D eigenvalue weighted by Gasteiger charge is 2.14. The second-order valence-electron chi connectivity index (χ2n) is 6.93. The van der Waals surface area contributed by atoms with Gasteiger partial charge in [-0.3, -0.25) is 4.99 Å². The van der Waals surface area contributed by atoms with Crippen molar-refractivity contribution in [3.05, 3.63) is 59.7 Å². The molecule has 1 heterocycles. The second kappa shape index (κ2) is 9.31. The smallest absolute Gasteiger partial charge is 0.191 e. The third-order valence-corrected chi connectivity index (χ3v) is 5.04. The second-order valence-corrected chi connectivity index (χ2v) is 6.93. The first-order valence-corrected chi connectivity index (χ1v) is 9.64. The number of guanidine groups is 1. The van der Waals surface area contributed by atoms with Gasteiger partial charge in [-0.25, -0.2) is 0 Å². The lowest BCUT2D eigenvalue weighted by Gasteiger charge is -2.22. The van der Waals surface area contributed by atoms with Gasteiger partial charge in [-0.05, 0) is 55.2 Å². The summed E-state index contributed by atoms with van der Waals surface area (Å²) in [5.74, 6) is 1.66. The van der Waals surface area contributed by atoms with Crippen LogP contribution in [0.4, 0.5) is 5.69 Å². The van der Waals surface area contributed by atoms with E-state index in [0.29, 0.717) is 6.54 Å². The summed E-state index contributed by atoms with van der Waals surface area (Å²) in [5, 5.41) is 6.87. The first-order valence-electron chi connectivity index (χ1n) is 9.64. The zero-order chi connectivity index (χ0) is 19.1. The molecule has 1 aliphatic rings. The fourth-order valence-corrected chi connectivity index (χ4v) is 3.38. The molecule has 3 rings (SSSR count). The van der Waals surface area contributed by atoms with E-state index in [0.717, 1.165) is 24.8 Å². The number of aliphatic imine (C=N–C) groups is 1. The molecule has 1 atom stereocenters. The number of nitrogens with one attached hydrogen (secondary N) is 2. The Morgan fingerprint density at radius 2 is 1.89 bits per heavy atom. The van der Waals surface area contributed by atoms with Crippen LogP contribution in [-0.2, 0) is 6.54 Å². The quantitative estimate of drug-likeness (QED) is 0.604. The predicted molar refractivity (Wildman–Crippen MR) is 113 cm³/mol. The highest BCUT2D eigenvalue weighted by atomic mass is 16.5. The van der Waals surface area contributed by atoms with Crippen molar-refractivity contribution in [3.63, 3.8) is 0 Å². The van der Waals surface area contributed by atoms with E-state index in [9.17, 15) is 0 Å². The number of hydrogen-bond donors (Lipinski definition) is 2. The summed E-state index contributed by atoms with van der Waals surface area (Å²) in [5.41, 5.74) is 3.77. The van der Waals surface area contributed by atoms with Crippen LogP contribution in [0.25, 0.3) is 0 Å². The first kappa shape index (κ1) is 19.1. The Morgan fingerprint density at radius 1 is 1.15 bits per heavy atom. The molecule has 0 spiro atoms. The minimum absolute atomic E-state index is 0.176. The maximum absolute atomic E-state index is 5.20. The zero-order valence-corrected chi connectivity index (χ0v) is 16.5. The normalized spacial score (nSPS) is 15.5. The molecule has 1 unspecified atom stereocenters. The van der Waals surface area contributed by atoms with Crippen molar-refractivity contribution < 1.29 is 4.74 Å². The highest BCUT2D eigenvalue weighted by Crippen LogP contribution is 2.24. The number of benzene rings is 2. The van der Waals surface area contributed by atoms with Gasteiger partial charge in [-0.2, -0.15) is 0 Å². The molecule has 144 valence electrons. The summed E-state index contributed by atoms with van der Waals surface area (Å²) in [6.45, 7) is 5.21. The molecule has 27 heavy (non-hydrogen) atoms. The molecule has 2 N–H and O–H groups in total. The molecule has 0 saturated carbocycles. The molecule has 1 aliphatic heterocycles. The van der Waals surface area contributed by atoms with E-state index in [-0.39, 0.29) is 6.04 Å². The van der Waals surface area contributed by atoms with Crippen LogP contribution in [0.15, 0.2) is 53.5 Å². The first-order chi connectivity index (χ1) is 13.2. The van der Waals surface area contributed by atoms with Crippen molar-refractivity contribution in [2.75, 3.05) is 32.1 Å². The third kappa shape index (κ3) is 5.16. The third-order valence-electron chi connectivity index (χ3n) is 5.04. The zero-order valence-electron chi connectivity index (χ0n) is 16.5. The van der Waals surface area contributed by atoms with Crippen molar-refractivity contribution in [3.8, 4) is 5.75 Å². The van der Waals surface area contributed by atoms with Gasteiger partial charge in [0.2, 0.25) is 0 Å². The van der Waals surface area contributed by atoms with E-state index in [4.69, 9.17) is 4.74 Å². The lowest BCUT2D eigenvalue weighted by molar-refractivity contribution is 0.414. The fraction of sp³-hybridized carbons (Fsp3) is 0.409. The van der Waals surface area contributed by atoms with E-state index in [1.165, 1.54) is 29.7 Å². The van der Waals surface area contributed by atoms with Crippen LogP contribution in [0.2, 0.25) is 0 Å². The molecule has 2 aromatic carbocycles. The molecule has 0 amide bonds. The minimum Gasteiger partial charge on any atom is -0.497 e. The molecule has 0 aromatic heterocycles. The molecule has 5 heteroatoms. The molecule has 2 aromatic rings. The Bertz CT molecular complexity index is 751. The molecule has 1 saturated heterocycles. The summed E-state index contributed by atoms with van der Waals surface area (Å²) in [6, 6.07) is 17.1. The van der Waals surface area contributed by atoms with Gasteiger partial charge in [0.15, 0.2) is 5.96 Å². The highest BCUT2D eigenvalue weighted by molar-refractivity contribution is 5.80. The monoisotopic (exact) mass is 366 g/mol. The topological polar surface area (TPSA) is 48.9 Å². The van der Waals surface area contributed by atoms with Gasteiger partial charge in [0.25, 0.3) is 0 Å². The van der Waals surface area contributed by atoms with Gasteiger partial charge in [-0.15, -0.1) is 0 Å². The lowest BCUT2D eigenvalue weighted by Crippen LogP contribution is -2.38. The van der Waals surface area contributed by atoms with E-state index in [2.05, 4.69) is 63.8 Å². The van der Waals surface area contributed by atoms with Gasteiger partial charge in [-0.1, -0.05) is 24.3 Å². The van der Waals surface area contributed by atoms with E-state index in [1.807, 2.05) is 12.1 Å². The van der Waals surface area contributed by atoms with Crippen LogP contribution in [0.3, 0.4) is 0 Å². The molecule has 5 nitrogen and oxygen atoms in total. The van der Waals surface area contributed by atoms with Crippen LogP contribution in [-0.4, -0.2) is 33.2 Å². The van der Waals surface area contributed by atoms with E-state index < -0.39 is 0 Å². The standard InChI is InChI=1S/C22H30N4O/c1-17(19-7-6-8-20(15-19)26-13-4-5-14-26)25-22(23-2)24-16-18-9-11-21(27-3)12-10-18/h6-12,15,17H,4-5,13-14,16H2,1-3H3,(H2,23,24,25). The van der Waals surface area contributed by atoms with Gasteiger partial charge >= 0.3 is 0 Å². The van der Waals surface area contributed by atoms with Gasteiger partial charge < -0.3 is 20.3 Å². The maximum Gasteiger partial charge on any atom is 0.191 e. The molecule has 0 radical (unpaired) electrons. The molecular formula is C22H30N4O. The Morgan fingerprint density at radius 3 is 2.56 bits per heavy atom. The largest absolute Gasteiger partial charge is 0.497 e. The molecule has 0 bridgehead atoms. The average molecular weight is 367 g/mol. The molecular weight excluding hydrogens is 336 g/mol. The summed E-state index contributed by atoms with van der Waals surface area (Å²) in [6.07, 6.45) is 2.58. The van der Waals surface area contributed by atoms with Gasteiger partial charge in [0.1, 0.15) is 5.75 Å². The number of nitrogens with zero attached hydrogens (tertiary/aromatic N) is 2. The minimum atomic E-state index is 0.176. The number of anilines is 1. The van der Waals surface area contributed by atoms with Crippen LogP contribution in [0.5, 0.6) is 5.75 Å². The lowest BCUT2D eigenvalue weighted by atomic mass is 10.1. The SMILES string of the molecule is CN=C(NCc1ccc(OC)cc1)NC(C)c1cccc(N2CCCC2)c1. The van der Waals surface area contributed by atoms with E-state index >= 15 is 0 Å². The Balaban J connectivity index is 1.57. The summed E-state index contributed by atoms with van der Waals surface area (Å²) >= 11 is 0. The van der Waals surface area contributed by atoms with Crippen LogP contribution >= 0.6 is 0 Å². The van der Waals surface area contributed by atoms with E-state index in [1.54, 1.807) is 14.2 Å². The summed E-state index contributed by atoms with van der Waals surface area (Å²) in [7, 11) is 3.48. The number of rotatable bonds is 6. The number of methoxy groups -OCH3 is 1. The molecule has 1 fully saturated rings. The van der Waals surface area contributed by atoms with Crippen LogP contribution < -0.4 is 20.3 Å². The number of ether oxygens (including phenoxy) is 1. The van der Waals surface area contributed by atoms with Crippen molar-refractivity contribution >= 4 is 11.6 Å². The maximum atomic E-state index is 5.20.